The predicted octanol–water partition coefficient (Wildman–Crippen LogP) is 1.52. The van der Waals surface area contributed by atoms with Crippen LogP contribution in [0.1, 0.15) is 29.5 Å². The molecule has 1 unspecified atom stereocenters. The molecule has 16 heavy (non-hydrogen) atoms. The second-order valence-corrected chi connectivity index (χ2v) is 4.46. The molecule has 3 nitrogen and oxygen atoms in total. The minimum absolute atomic E-state index is 0.419. The number of fused-ring (bicyclic) bond motifs is 1. The van der Waals surface area contributed by atoms with Crippen molar-refractivity contribution in [1.29, 1.82) is 0 Å². The van der Waals surface area contributed by atoms with Gasteiger partial charge in [0.1, 0.15) is 6.04 Å². The van der Waals surface area contributed by atoms with Crippen molar-refractivity contribution in [1.82, 2.24) is 0 Å². The maximum atomic E-state index is 10.7. The molecule has 0 saturated carbocycles. The molecule has 2 rings (SSSR count). The molecule has 0 bridgehead atoms. The predicted molar refractivity (Wildman–Crippen MR) is 62.4 cm³/mol. The number of hydrogen-bond donors (Lipinski definition) is 2. The van der Waals surface area contributed by atoms with E-state index in [1.807, 2.05) is 6.07 Å². The topological polar surface area (TPSA) is 63.3 Å². The molecule has 0 fully saturated rings. The zero-order valence-corrected chi connectivity index (χ0v) is 9.28. The van der Waals surface area contributed by atoms with Gasteiger partial charge in [0.05, 0.1) is 0 Å². The third-order valence-electron chi connectivity index (χ3n) is 3.19. The molecule has 0 amide bonds. The van der Waals surface area contributed by atoms with Crippen LogP contribution in [0.4, 0.5) is 0 Å². The zero-order valence-electron chi connectivity index (χ0n) is 9.28. The number of benzene rings is 1. The van der Waals surface area contributed by atoms with E-state index < -0.39 is 12.0 Å². The molecular formula is C13H17NO2. The van der Waals surface area contributed by atoms with E-state index in [0.29, 0.717) is 6.42 Å². The van der Waals surface area contributed by atoms with Crippen molar-refractivity contribution in [3.63, 3.8) is 0 Å². The molecule has 86 valence electrons. The Balaban J connectivity index is 2.14. The lowest BCUT2D eigenvalue weighted by Crippen LogP contribution is -2.32. The van der Waals surface area contributed by atoms with Crippen LogP contribution >= 0.6 is 0 Å². The maximum Gasteiger partial charge on any atom is 0.320 e. The highest BCUT2D eigenvalue weighted by molar-refractivity contribution is 5.73. The van der Waals surface area contributed by atoms with Gasteiger partial charge in [0.25, 0.3) is 0 Å². The van der Waals surface area contributed by atoms with Crippen molar-refractivity contribution < 1.29 is 9.90 Å². The molecule has 1 aliphatic rings. The van der Waals surface area contributed by atoms with Gasteiger partial charge in [0.15, 0.2) is 0 Å². The van der Waals surface area contributed by atoms with Gasteiger partial charge in [-0.05, 0) is 48.8 Å². The quantitative estimate of drug-likeness (QED) is 0.810. The highest BCUT2D eigenvalue weighted by atomic mass is 16.4. The third kappa shape index (κ3) is 2.42. The second kappa shape index (κ2) is 4.66. The fraction of sp³-hybridized carbons (Fsp3) is 0.462. The van der Waals surface area contributed by atoms with Gasteiger partial charge in [-0.25, -0.2) is 0 Å². The first-order chi connectivity index (χ1) is 7.66. The van der Waals surface area contributed by atoms with E-state index in [2.05, 4.69) is 12.1 Å². The molecule has 1 atom stereocenters. The third-order valence-corrected chi connectivity index (χ3v) is 3.19. The molecule has 3 heteroatoms. The van der Waals surface area contributed by atoms with Crippen molar-refractivity contribution in [2.45, 2.75) is 38.1 Å². The lowest BCUT2D eigenvalue weighted by atomic mass is 9.89. The summed E-state index contributed by atoms with van der Waals surface area (Å²) < 4.78 is 0. The number of hydrogen-bond acceptors (Lipinski definition) is 2. The molecule has 1 aromatic carbocycles. The number of aliphatic carboxylic acids is 1. The van der Waals surface area contributed by atoms with Crippen LogP contribution in [0, 0.1) is 0 Å². The fourth-order valence-electron chi connectivity index (χ4n) is 2.25. The standard InChI is InChI=1S/C13H17NO2/c14-12(13(15)16)8-9-5-6-10-3-1-2-4-11(10)7-9/h5-7,12H,1-4,8,14H2,(H,15,16). The molecule has 0 heterocycles. The first-order valence-electron chi connectivity index (χ1n) is 5.76. The SMILES string of the molecule is NC(Cc1ccc2c(c1)CCCC2)C(=O)O. The summed E-state index contributed by atoms with van der Waals surface area (Å²) in [4.78, 5) is 10.7. The van der Waals surface area contributed by atoms with Crippen molar-refractivity contribution in [3.05, 3.63) is 34.9 Å². The molecular weight excluding hydrogens is 202 g/mol. The molecule has 1 aromatic rings. The summed E-state index contributed by atoms with van der Waals surface area (Å²) >= 11 is 0. The number of carboxylic acid groups (broad SMARTS) is 1. The number of carboxylic acids is 1. The molecule has 3 N–H and O–H groups in total. The lowest BCUT2D eigenvalue weighted by Gasteiger charge is -2.17. The Bertz CT molecular complexity index is 401. The van der Waals surface area contributed by atoms with Crippen LogP contribution in [0.25, 0.3) is 0 Å². The molecule has 0 saturated heterocycles. The molecule has 0 aliphatic heterocycles. The number of aryl methyl sites for hydroxylation is 2. The zero-order chi connectivity index (χ0) is 11.5. The van der Waals surface area contributed by atoms with E-state index in [-0.39, 0.29) is 0 Å². The van der Waals surface area contributed by atoms with Crippen molar-refractivity contribution in [2.75, 3.05) is 0 Å². The van der Waals surface area contributed by atoms with E-state index in [0.717, 1.165) is 18.4 Å². The Kier molecular flexibility index (Phi) is 3.25. The first kappa shape index (κ1) is 11.1. The number of nitrogens with two attached hydrogens (primary N) is 1. The van der Waals surface area contributed by atoms with Crippen LogP contribution in [0.2, 0.25) is 0 Å². The van der Waals surface area contributed by atoms with E-state index in [1.165, 1.54) is 24.0 Å². The van der Waals surface area contributed by atoms with Gasteiger partial charge in [-0.1, -0.05) is 18.2 Å². The average Bonchev–Trinajstić information content (AvgIpc) is 2.28. The summed E-state index contributed by atoms with van der Waals surface area (Å²) in [5.74, 6) is -0.933. The summed E-state index contributed by atoms with van der Waals surface area (Å²) in [6, 6.07) is 5.46. The summed E-state index contributed by atoms with van der Waals surface area (Å²) in [6.07, 6.45) is 5.19. The van der Waals surface area contributed by atoms with E-state index in [4.69, 9.17) is 10.8 Å². The van der Waals surface area contributed by atoms with E-state index in [9.17, 15) is 4.79 Å². The lowest BCUT2D eigenvalue weighted by molar-refractivity contribution is -0.138. The van der Waals surface area contributed by atoms with Crippen molar-refractivity contribution >= 4 is 5.97 Å². The van der Waals surface area contributed by atoms with Crippen molar-refractivity contribution in [3.8, 4) is 0 Å². The Morgan fingerprint density at radius 1 is 1.31 bits per heavy atom. The molecule has 0 aromatic heterocycles. The smallest absolute Gasteiger partial charge is 0.320 e. The summed E-state index contributed by atoms with van der Waals surface area (Å²) in [6.45, 7) is 0. The molecule has 1 aliphatic carbocycles. The Labute approximate surface area is 95.3 Å². The average molecular weight is 219 g/mol. The Morgan fingerprint density at radius 2 is 2.00 bits per heavy atom. The van der Waals surface area contributed by atoms with Crippen LogP contribution in [-0.2, 0) is 24.1 Å². The van der Waals surface area contributed by atoms with Crippen molar-refractivity contribution in [2.24, 2.45) is 5.73 Å². The van der Waals surface area contributed by atoms with Gasteiger partial charge in [-0.2, -0.15) is 0 Å². The highest BCUT2D eigenvalue weighted by Gasteiger charge is 2.14. The fourth-order valence-corrected chi connectivity index (χ4v) is 2.25. The molecule has 0 spiro atoms. The van der Waals surface area contributed by atoms with Gasteiger partial charge in [-0.3, -0.25) is 4.79 Å². The normalized spacial score (nSPS) is 16.6. The van der Waals surface area contributed by atoms with Crippen LogP contribution in [0.15, 0.2) is 18.2 Å². The minimum atomic E-state index is -0.933. The second-order valence-electron chi connectivity index (χ2n) is 4.46. The summed E-state index contributed by atoms with van der Waals surface area (Å²) in [5.41, 5.74) is 9.35. The summed E-state index contributed by atoms with van der Waals surface area (Å²) in [5, 5.41) is 8.76. The van der Waals surface area contributed by atoms with Crippen LogP contribution in [-0.4, -0.2) is 17.1 Å². The van der Waals surface area contributed by atoms with Gasteiger partial charge in [0, 0.05) is 0 Å². The number of rotatable bonds is 3. The van der Waals surface area contributed by atoms with Gasteiger partial charge in [-0.15, -0.1) is 0 Å². The minimum Gasteiger partial charge on any atom is -0.480 e. The highest BCUT2D eigenvalue weighted by Crippen LogP contribution is 2.22. The van der Waals surface area contributed by atoms with Gasteiger partial charge in [0.2, 0.25) is 0 Å². The maximum absolute atomic E-state index is 10.7. The number of carbonyl (C=O) groups is 1. The van der Waals surface area contributed by atoms with Crippen LogP contribution in [0.3, 0.4) is 0 Å². The Hall–Kier alpha value is -1.35. The largest absolute Gasteiger partial charge is 0.480 e. The van der Waals surface area contributed by atoms with Crippen LogP contribution < -0.4 is 5.73 Å². The summed E-state index contributed by atoms with van der Waals surface area (Å²) in [7, 11) is 0. The van der Waals surface area contributed by atoms with Crippen LogP contribution in [0.5, 0.6) is 0 Å². The van der Waals surface area contributed by atoms with Gasteiger partial charge < -0.3 is 10.8 Å². The van der Waals surface area contributed by atoms with E-state index in [1.54, 1.807) is 0 Å². The van der Waals surface area contributed by atoms with E-state index >= 15 is 0 Å². The van der Waals surface area contributed by atoms with Gasteiger partial charge >= 0.3 is 5.97 Å². The first-order valence-corrected chi connectivity index (χ1v) is 5.76. The monoisotopic (exact) mass is 219 g/mol. The molecule has 0 radical (unpaired) electrons. The Morgan fingerprint density at radius 3 is 2.69 bits per heavy atom.